The number of rotatable bonds is 11. The minimum atomic E-state index is -2.89. The third kappa shape index (κ3) is 6.85. The second kappa shape index (κ2) is 11.9. The van der Waals surface area contributed by atoms with Crippen LogP contribution < -0.4 is 15.4 Å². The summed E-state index contributed by atoms with van der Waals surface area (Å²) in [6, 6.07) is 6.43. The number of likely N-dealkylation sites (tertiary alicyclic amines) is 1. The molecule has 0 aromatic carbocycles. The number of carbonyl (C=O) groups is 2. The van der Waals surface area contributed by atoms with E-state index in [9.17, 15) is 23.5 Å². The number of nitrogens with zero attached hydrogens (tertiary/aromatic N) is 7. The highest BCUT2D eigenvalue weighted by Gasteiger charge is 2.30. The molecule has 0 saturated carbocycles. The second-order valence-corrected chi connectivity index (χ2v) is 11.1. The van der Waals surface area contributed by atoms with E-state index >= 15 is 0 Å². The van der Waals surface area contributed by atoms with Crippen molar-refractivity contribution in [2.45, 2.75) is 45.4 Å². The summed E-state index contributed by atoms with van der Waals surface area (Å²) in [6.07, 6.45) is 3.29. The molecule has 4 aromatic heterocycles. The molecular weight excluding hydrogens is 568 g/mol. The maximum absolute atomic E-state index is 13.9. The highest BCUT2D eigenvalue weighted by atomic mass is 19.3. The zero-order chi connectivity index (χ0) is 30.9. The van der Waals surface area contributed by atoms with Gasteiger partial charge in [-0.2, -0.15) is 28.8 Å². The summed E-state index contributed by atoms with van der Waals surface area (Å²) in [5.41, 5.74) is 0.590. The van der Waals surface area contributed by atoms with Crippen molar-refractivity contribution in [3.63, 3.8) is 0 Å². The Morgan fingerprint density at radius 1 is 1.19 bits per heavy atom. The molecule has 1 amide bonds. The summed E-state index contributed by atoms with van der Waals surface area (Å²) >= 11 is 0. The molecule has 16 heteroatoms. The Hall–Kier alpha value is -4.73. The fraction of sp³-hybridized carbons (Fsp3) is 0.444. The van der Waals surface area contributed by atoms with Gasteiger partial charge in [-0.1, -0.05) is 0 Å². The van der Waals surface area contributed by atoms with Crippen molar-refractivity contribution < 1.29 is 33.0 Å². The smallest absolute Gasteiger partial charge is 0.407 e. The van der Waals surface area contributed by atoms with Crippen LogP contribution in [0.25, 0.3) is 16.8 Å². The highest BCUT2D eigenvalue weighted by Crippen LogP contribution is 2.34. The topological polar surface area (TPSA) is 153 Å². The number of ether oxygens (including phenoxy) is 2. The second-order valence-electron chi connectivity index (χ2n) is 11.1. The van der Waals surface area contributed by atoms with Crippen LogP contribution in [-0.4, -0.2) is 89.1 Å². The first-order valence-corrected chi connectivity index (χ1v) is 13.6. The van der Waals surface area contributed by atoms with Crippen LogP contribution in [0.4, 0.5) is 25.2 Å². The SMILES string of the molecule is Cn1nc(Nc2cc3cc(-c4c(OC[C@H]5CCN5CCNC(=O)OC(C)(C)C)cnn4C(F)F)ccn3n2)cc1C(=O)O. The fourth-order valence-corrected chi connectivity index (χ4v) is 4.72. The predicted octanol–water partition coefficient (Wildman–Crippen LogP) is 3.75. The van der Waals surface area contributed by atoms with Crippen molar-refractivity contribution >= 4 is 29.2 Å². The van der Waals surface area contributed by atoms with Crippen LogP contribution in [0.1, 0.15) is 44.2 Å². The third-order valence-corrected chi connectivity index (χ3v) is 6.80. The van der Waals surface area contributed by atoms with E-state index < -0.39 is 24.2 Å². The quantitative estimate of drug-likeness (QED) is 0.232. The van der Waals surface area contributed by atoms with Crippen LogP contribution >= 0.6 is 0 Å². The van der Waals surface area contributed by atoms with E-state index in [4.69, 9.17) is 9.47 Å². The molecule has 0 spiro atoms. The molecule has 1 atom stereocenters. The van der Waals surface area contributed by atoms with Gasteiger partial charge in [0.25, 0.3) is 0 Å². The van der Waals surface area contributed by atoms with Crippen LogP contribution in [-0.2, 0) is 11.8 Å². The number of amides is 1. The molecule has 5 rings (SSSR count). The van der Waals surface area contributed by atoms with Crippen LogP contribution in [0, 0.1) is 0 Å². The fourth-order valence-electron chi connectivity index (χ4n) is 4.72. The number of alkyl carbamates (subject to hydrolysis) is 1. The molecule has 5 heterocycles. The van der Waals surface area contributed by atoms with Gasteiger partial charge in [0.1, 0.15) is 23.6 Å². The molecule has 0 aliphatic carbocycles. The number of anilines is 2. The Labute approximate surface area is 245 Å². The van der Waals surface area contributed by atoms with E-state index in [1.165, 1.54) is 24.0 Å². The van der Waals surface area contributed by atoms with Gasteiger partial charge in [-0.05, 0) is 39.3 Å². The minimum Gasteiger partial charge on any atom is -0.488 e. The van der Waals surface area contributed by atoms with Gasteiger partial charge >= 0.3 is 18.6 Å². The summed E-state index contributed by atoms with van der Waals surface area (Å²) in [5.74, 6) is -0.217. The van der Waals surface area contributed by atoms with Crippen LogP contribution in [0.5, 0.6) is 5.75 Å². The average molecular weight is 602 g/mol. The van der Waals surface area contributed by atoms with Gasteiger partial charge in [0, 0.05) is 56.6 Å². The summed E-state index contributed by atoms with van der Waals surface area (Å²) in [5, 5.41) is 27.3. The van der Waals surface area contributed by atoms with Crippen molar-refractivity contribution in [3.05, 3.63) is 42.4 Å². The third-order valence-electron chi connectivity index (χ3n) is 6.80. The predicted molar refractivity (Wildman–Crippen MR) is 151 cm³/mol. The molecule has 4 aromatic rings. The number of carboxylic acid groups (broad SMARTS) is 1. The number of halogens is 2. The molecule has 1 fully saturated rings. The molecule has 1 aliphatic rings. The van der Waals surface area contributed by atoms with Gasteiger partial charge in [-0.25, -0.2) is 14.1 Å². The lowest BCUT2D eigenvalue weighted by Gasteiger charge is -2.40. The number of carboxylic acids is 1. The molecular formula is C27H33F2N9O5. The number of hydrogen-bond donors (Lipinski definition) is 3. The lowest BCUT2D eigenvalue weighted by Crippen LogP contribution is -2.53. The Bertz CT molecular complexity index is 1620. The summed E-state index contributed by atoms with van der Waals surface area (Å²) in [7, 11) is 1.52. The Morgan fingerprint density at radius 3 is 2.60 bits per heavy atom. The van der Waals surface area contributed by atoms with E-state index in [1.807, 2.05) is 0 Å². The molecule has 3 N–H and O–H groups in total. The molecule has 0 bridgehead atoms. The Kier molecular flexibility index (Phi) is 8.21. The van der Waals surface area contributed by atoms with Crippen LogP contribution in [0.15, 0.2) is 36.7 Å². The van der Waals surface area contributed by atoms with Crippen molar-refractivity contribution in [2.24, 2.45) is 7.05 Å². The van der Waals surface area contributed by atoms with Gasteiger partial charge in [0.05, 0.1) is 11.7 Å². The Morgan fingerprint density at radius 2 is 1.95 bits per heavy atom. The van der Waals surface area contributed by atoms with E-state index in [-0.39, 0.29) is 29.8 Å². The van der Waals surface area contributed by atoms with Crippen LogP contribution in [0.3, 0.4) is 0 Å². The largest absolute Gasteiger partial charge is 0.488 e. The zero-order valence-electron chi connectivity index (χ0n) is 24.1. The number of aryl methyl sites for hydroxylation is 1. The van der Waals surface area contributed by atoms with Crippen LogP contribution in [0.2, 0.25) is 0 Å². The molecule has 1 saturated heterocycles. The first-order chi connectivity index (χ1) is 20.4. The number of fused-ring (bicyclic) bond motifs is 1. The molecule has 1 aliphatic heterocycles. The molecule has 0 unspecified atom stereocenters. The van der Waals surface area contributed by atoms with Gasteiger partial charge in [0.15, 0.2) is 17.4 Å². The van der Waals surface area contributed by atoms with E-state index in [0.29, 0.717) is 40.5 Å². The summed E-state index contributed by atoms with van der Waals surface area (Å²) in [4.78, 5) is 25.3. The molecule has 0 radical (unpaired) electrons. The zero-order valence-corrected chi connectivity index (χ0v) is 24.1. The van der Waals surface area contributed by atoms with Gasteiger partial charge in [0.2, 0.25) is 0 Å². The number of alkyl halides is 2. The number of aromatic carboxylic acids is 1. The lowest BCUT2D eigenvalue weighted by molar-refractivity contribution is 0.0410. The monoisotopic (exact) mass is 601 g/mol. The number of aromatic nitrogens is 6. The molecule has 14 nitrogen and oxygen atoms in total. The number of hydrogen-bond acceptors (Lipinski definition) is 9. The average Bonchev–Trinajstić information content (AvgIpc) is 3.60. The minimum absolute atomic E-state index is 0.00355. The Balaban J connectivity index is 1.26. The maximum atomic E-state index is 13.9. The van der Waals surface area contributed by atoms with Crippen molar-refractivity contribution in [3.8, 4) is 17.0 Å². The number of pyridine rings is 1. The van der Waals surface area contributed by atoms with E-state index in [2.05, 4.69) is 30.8 Å². The number of carbonyl (C=O) groups excluding carboxylic acids is 1. The lowest BCUT2D eigenvalue weighted by atomic mass is 10.0. The summed E-state index contributed by atoms with van der Waals surface area (Å²) < 4.78 is 42.5. The highest BCUT2D eigenvalue weighted by molar-refractivity contribution is 5.87. The standard InChI is InChI=1S/C27H33F2N9O5/c1-27(2,3)43-26(41)30-7-10-36-8-6-17(36)15-42-20-14-31-38(25(28)29)23(20)16-5-9-37-18(11-16)12-21(34-37)32-22-13-19(24(39)40)35(4)33-22/h5,9,11-14,17,25H,6-8,10,15H2,1-4H3,(H,30,41)(H,39,40)(H,32,33,34)/t17-/m1/s1. The maximum Gasteiger partial charge on any atom is 0.407 e. The van der Waals surface area contributed by atoms with Crippen molar-refractivity contribution in [2.75, 3.05) is 31.6 Å². The van der Waals surface area contributed by atoms with E-state index in [1.54, 1.807) is 49.7 Å². The van der Waals surface area contributed by atoms with Crippen molar-refractivity contribution in [1.29, 1.82) is 0 Å². The van der Waals surface area contributed by atoms with Crippen molar-refractivity contribution in [1.82, 2.24) is 39.4 Å². The first kappa shape index (κ1) is 29.8. The molecule has 43 heavy (non-hydrogen) atoms. The normalized spacial score (nSPS) is 15.5. The summed E-state index contributed by atoms with van der Waals surface area (Å²) in [6.45, 7) is 4.60. The van der Waals surface area contributed by atoms with Gasteiger partial charge in [-0.3, -0.25) is 9.58 Å². The number of nitrogens with one attached hydrogen (secondary N) is 2. The van der Waals surface area contributed by atoms with Gasteiger partial charge in [-0.15, -0.1) is 0 Å². The van der Waals surface area contributed by atoms with Gasteiger partial charge < -0.3 is 25.2 Å². The molecule has 230 valence electrons. The van der Waals surface area contributed by atoms with E-state index in [0.717, 1.165) is 13.0 Å². The first-order valence-electron chi connectivity index (χ1n) is 13.6.